The minimum atomic E-state index is 0.520. The molecule has 0 aliphatic heterocycles. The van der Waals surface area contributed by atoms with Crippen LogP contribution in [0.5, 0.6) is 0 Å². The van der Waals surface area contributed by atoms with Crippen molar-refractivity contribution in [3.05, 3.63) is 23.3 Å². The minimum absolute atomic E-state index is 0.520. The first-order chi connectivity index (χ1) is 7.70. The smallest absolute Gasteiger partial charge is 0.120 e. The molecule has 0 saturated heterocycles. The molecule has 1 nitrogen and oxygen atoms in total. The Bertz CT molecular complexity index is 324. The van der Waals surface area contributed by atoms with Gasteiger partial charge in [0.1, 0.15) is 6.29 Å². The Hall–Kier alpha value is -0.850. The van der Waals surface area contributed by atoms with Gasteiger partial charge in [-0.05, 0) is 50.4 Å². The van der Waals surface area contributed by atoms with Gasteiger partial charge in [-0.1, -0.05) is 30.2 Å². The van der Waals surface area contributed by atoms with Crippen molar-refractivity contribution in [2.24, 2.45) is 17.8 Å². The van der Waals surface area contributed by atoms with Crippen LogP contribution in [-0.2, 0) is 4.79 Å². The molecule has 0 saturated carbocycles. The summed E-state index contributed by atoms with van der Waals surface area (Å²) < 4.78 is 0. The molecule has 0 aromatic carbocycles. The Kier molecular flexibility index (Phi) is 3.63. The molecule has 0 radical (unpaired) electrons. The zero-order chi connectivity index (χ0) is 11.5. The van der Waals surface area contributed by atoms with Crippen LogP contribution in [0.15, 0.2) is 23.3 Å². The van der Waals surface area contributed by atoms with E-state index in [1.165, 1.54) is 31.3 Å². The predicted octanol–water partition coefficient (Wildman–Crippen LogP) is 3.90. The molecule has 3 unspecified atom stereocenters. The average molecular weight is 218 g/mol. The summed E-state index contributed by atoms with van der Waals surface area (Å²) in [5.74, 6) is 2.09. The highest BCUT2D eigenvalue weighted by Gasteiger charge is 2.27. The van der Waals surface area contributed by atoms with Crippen LogP contribution in [0.3, 0.4) is 0 Å². The van der Waals surface area contributed by atoms with Gasteiger partial charge in [0, 0.05) is 6.42 Å². The van der Waals surface area contributed by atoms with Gasteiger partial charge in [0.05, 0.1) is 0 Å². The van der Waals surface area contributed by atoms with Crippen LogP contribution in [0.1, 0.15) is 46.0 Å². The number of carbonyl (C=O) groups excluding carboxylic acids is 1. The third-order valence-electron chi connectivity index (χ3n) is 4.24. The molecular weight excluding hydrogens is 196 g/mol. The second-order valence-corrected chi connectivity index (χ2v) is 5.53. The Morgan fingerprint density at radius 2 is 2.25 bits per heavy atom. The quantitative estimate of drug-likeness (QED) is 0.505. The average Bonchev–Trinajstić information content (AvgIpc) is 3.05. The van der Waals surface area contributed by atoms with E-state index >= 15 is 0 Å². The van der Waals surface area contributed by atoms with Crippen LogP contribution in [-0.4, -0.2) is 6.29 Å². The zero-order valence-electron chi connectivity index (χ0n) is 10.4. The molecule has 0 aromatic heterocycles. The summed E-state index contributed by atoms with van der Waals surface area (Å²) in [7, 11) is 0. The lowest BCUT2D eigenvalue weighted by Crippen LogP contribution is -2.21. The van der Waals surface area contributed by atoms with Gasteiger partial charge in [0.15, 0.2) is 0 Å². The van der Waals surface area contributed by atoms with Crippen molar-refractivity contribution in [3.63, 3.8) is 0 Å². The highest BCUT2D eigenvalue weighted by atomic mass is 16.1. The van der Waals surface area contributed by atoms with Crippen LogP contribution in [0, 0.1) is 17.8 Å². The van der Waals surface area contributed by atoms with Gasteiger partial charge in [-0.15, -0.1) is 0 Å². The SMILES string of the molecule is CC1=CCC(C(C)CC2=CC2)CC1CC=O. The molecule has 1 heteroatoms. The lowest BCUT2D eigenvalue weighted by atomic mass is 9.74. The monoisotopic (exact) mass is 218 g/mol. The van der Waals surface area contributed by atoms with Gasteiger partial charge in [-0.2, -0.15) is 0 Å². The first-order valence-corrected chi connectivity index (χ1v) is 6.49. The summed E-state index contributed by atoms with van der Waals surface area (Å²) in [6, 6.07) is 0. The summed E-state index contributed by atoms with van der Waals surface area (Å²) in [5.41, 5.74) is 3.08. The molecule has 0 amide bonds. The molecule has 88 valence electrons. The number of aldehydes is 1. The highest BCUT2D eigenvalue weighted by molar-refractivity contribution is 5.50. The van der Waals surface area contributed by atoms with Crippen LogP contribution in [0.4, 0.5) is 0 Å². The van der Waals surface area contributed by atoms with Crippen molar-refractivity contribution < 1.29 is 4.79 Å². The Labute approximate surface area is 98.6 Å². The third-order valence-corrected chi connectivity index (χ3v) is 4.24. The van der Waals surface area contributed by atoms with Gasteiger partial charge in [0.25, 0.3) is 0 Å². The topological polar surface area (TPSA) is 17.1 Å². The highest BCUT2D eigenvalue weighted by Crippen LogP contribution is 2.39. The van der Waals surface area contributed by atoms with E-state index in [9.17, 15) is 4.79 Å². The van der Waals surface area contributed by atoms with Crippen molar-refractivity contribution in [1.82, 2.24) is 0 Å². The van der Waals surface area contributed by atoms with Crippen molar-refractivity contribution in [3.8, 4) is 0 Å². The summed E-state index contributed by atoms with van der Waals surface area (Å²) in [4.78, 5) is 10.6. The number of rotatable bonds is 5. The molecule has 0 bridgehead atoms. The molecule has 3 atom stereocenters. The maximum Gasteiger partial charge on any atom is 0.120 e. The molecule has 2 rings (SSSR count). The summed E-state index contributed by atoms with van der Waals surface area (Å²) in [6.45, 7) is 4.55. The number of hydrogen-bond acceptors (Lipinski definition) is 1. The van der Waals surface area contributed by atoms with Gasteiger partial charge >= 0.3 is 0 Å². The molecule has 2 aliphatic carbocycles. The van der Waals surface area contributed by atoms with E-state index < -0.39 is 0 Å². The Morgan fingerprint density at radius 1 is 1.50 bits per heavy atom. The lowest BCUT2D eigenvalue weighted by Gasteiger charge is -2.31. The van der Waals surface area contributed by atoms with E-state index in [0.29, 0.717) is 12.3 Å². The predicted molar refractivity (Wildman–Crippen MR) is 67.1 cm³/mol. The van der Waals surface area contributed by atoms with Crippen LogP contribution in [0.2, 0.25) is 0 Å². The maximum absolute atomic E-state index is 10.6. The van der Waals surface area contributed by atoms with Crippen LogP contribution < -0.4 is 0 Å². The summed E-state index contributed by atoms with van der Waals surface area (Å²) in [5, 5.41) is 0. The molecule has 0 heterocycles. The van der Waals surface area contributed by atoms with Gasteiger partial charge in [0.2, 0.25) is 0 Å². The van der Waals surface area contributed by atoms with E-state index in [0.717, 1.165) is 18.1 Å². The molecule has 0 N–H and O–H groups in total. The van der Waals surface area contributed by atoms with Gasteiger partial charge in [-0.25, -0.2) is 0 Å². The molecule has 2 aliphatic rings. The second kappa shape index (κ2) is 4.99. The van der Waals surface area contributed by atoms with Crippen molar-refractivity contribution in [2.45, 2.75) is 46.0 Å². The van der Waals surface area contributed by atoms with Crippen molar-refractivity contribution in [1.29, 1.82) is 0 Å². The summed E-state index contributed by atoms with van der Waals surface area (Å²) in [6.07, 6.45) is 11.5. The summed E-state index contributed by atoms with van der Waals surface area (Å²) >= 11 is 0. The Morgan fingerprint density at radius 3 is 2.88 bits per heavy atom. The second-order valence-electron chi connectivity index (χ2n) is 5.53. The molecule has 16 heavy (non-hydrogen) atoms. The largest absolute Gasteiger partial charge is 0.303 e. The fourth-order valence-electron chi connectivity index (χ4n) is 2.83. The number of allylic oxidation sites excluding steroid dienone is 4. The van der Waals surface area contributed by atoms with E-state index in [-0.39, 0.29) is 0 Å². The fourth-order valence-corrected chi connectivity index (χ4v) is 2.83. The van der Waals surface area contributed by atoms with Gasteiger partial charge in [-0.3, -0.25) is 0 Å². The van der Waals surface area contributed by atoms with Crippen molar-refractivity contribution >= 4 is 6.29 Å². The number of hydrogen-bond donors (Lipinski definition) is 0. The molecule has 0 aromatic rings. The van der Waals surface area contributed by atoms with E-state index in [4.69, 9.17) is 0 Å². The van der Waals surface area contributed by atoms with Crippen molar-refractivity contribution in [2.75, 3.05) is 0 Å². The normalized spacial score (nSPS) is 30.4. The maximum atomic E-state index is 10.6. The third kappa shape index (κ3) is 2.84. The van der Waals surface area contributed by atoms with E-state index in [1.54, 1.807) is 5.57 Å². The Balaban J connectivity index is 1.91. The molecular formula is C15H22O. The van der Waals surface area contributed by atoms with E-state index in [1.807, 2.05) is 0 Å². The number of carbonyl (C=O) groups is 1. The van der Waals surface area contributed by atoms with E-state index in [2.05, 4.69) is 26.0 Å². The minimum Gasteiger partial charge on any atom is -0.303 e. The zero-order valence-corrected chi connectivity index (χ0v) is 10.4. The fraction of sp³-hybridized carbons (Fsp3) is 0.667. The molecule has 0 fully saturated rings. The first kappa shape index (κ1) is 11.6. The van der Waals surface area contributed by atoms with Crippen LogP contribution >= 0.6 is 0 Å². The lowest BCUT2D eigenvalue weighted by molar-refractivity contribution is -0.108. The standard InChI is InChI=1S/C15H22O/c1-11-3-6-14(10-15(11)7-8-16)12(2)9-13-4-5-13/h3-4,8,12,14-15H,5-7,9-10H2,1-2H3. The molecule has 0 spiro atoms. The van der Waals surface area contributed by atoms with Gasteiger partial charge < -0.3 is 4.79 Å². The first-order valence-electron chi connectivity index (χ1n) is 6.49. The van der Waals surface area contributed by atoms with Crippen LogP contribution in [0.25, 0.3) is 0 Å².